The molecule has 0 radical (unpaired) electrons. The van der Waals surface area contributed by atoms with Gasteiger partial charge >= 0.3 is 0 Å². The quantitative estimate of drug-likeness (QED) is 0.447. The van der Waals surface area contributed by atoms with Crippen LogP contribution in [0.5, 0.6) is 0 Å². The zero-order valence-electron chi connectivity index (χ0n) is 6.48. The molecule has 0 amide bonds. The SMILES string of the molecule is CCC(CCl)CCC1CO1. The van der Waals surface area contributed by atoms with Crippen molar-refractivity contribution in [2.45, 2.75) is 32.3 Å². The Kier molecular flexibility index (Phi) is 3.50. The summed E-state index contributed by atoms with van der Waals surface area (Å²) >= 11 is 5.73. The Bertz CT molecular complexity index is 87.3. The fourth-order valence-electron chi connectivity index (χ4n) is 1.05. The van der Waals surface area contributed by atoms with E-state index in [0.717, 1.165) is 12.5 Å². The lowest BCUT2D eigenvalue weighted by atomic mass is 10.0. The van der Waals surface area contributed by atoms with Gasteiger partial charge in [0.1, 0.15) is 0 Å². The van der Waals surface area contributed by atoms with Gasteiger partial charge < -0.3 is 4.74 Å². The molecule has 0 aromatic carbocycles. The Morgan fingerprint density at radius 2 is 2.40 bits per heavy atom. The standard InChI is InChI=1S/C8H15ClO/c1-2-7(5-9)3-4-8-6-10-8/h7-8H,2-6H2,1H3. The number of epoxide rings is 1. The summed E-state index contributed by atoms with van der Waals surface area (Å²) in [5.74, 6) is 1.52. The van der Waals surface area contributed by atoms with Crippen LogP contribution in [0.15, 0.2) is 0 Å². The molecule has 2 unspecified atom stereocenters. The predicted molar refractivity (Wildman–Crippen MR) is 43.5 cm³/mol. The second-order valence-electron chi connectivity index (χ2n) is 2.96. The zero-order chi connectivity index (χ0) is 7.40. The lowest BCUT2D eigenvalue weighted by Crippen LogP contribution is -2.01. The lowest BCUT2D eigenvalue weighted by Gasteiger charge is -2.08. The van der Waals surface area contributed by atoms with Gasteiger partial charge in [0.25, 0.3) is 0 Å². The maximum atomic E-state index is 5.73. The number of halogens is 1. The molecule has 60 valence electrons. The van der Waals surface area contributed by atoms with E-state index in [2.05, 4.69) is 6.92 Å². The molecule has 0 N–H and O–H groups in total. The molecule has 0 saturated carbocycles. The summed E-state index contributed by atoms with van der Waals surface area (Å²) in [5.41, 5.74) is 0. The van der Waals surface area contributed by atoms with Gasteiger partial charge in [0, 0.05) is 5.88 Å². The van der Waals surface area contributed by atoms with Crippen LogP contribution < -0.4 is 0 Å². The third kappa shape index (κ3) is 2.89. The minimum atomic E-state index is 0.581. The molecule has 1 rings (SSSR count). The minimum Gasteiger partial charge on any atom is -0.373 e. The van der Waals surface area contributed by atoms with Crippen molar-refractivity contribution in [3.63, 3.8) is 0 Å². The van der Waals surface area contributed by atoms with Crippen LogP contribution in [0.1, 0.15) is 26.2 Å². The van der Waals surface area contributed by atoms with E-state index in [0.29, 0.717) is 12.0 Å². The van der Waals surface area contributed by atoms with Crippen molar-refractivity contribution >= 4 is 11.6 Å². The number of hydrogen-bond donors (Lipinski definition) is 0. The summed E-state index contributed by atoms with van der Waals surface area (Å²) in [5, 5.41) is 0. The Balaban J connectivity index is 1.97. The van der Waals surface area contributed by atoms with Crippen molar-refractivity contribution in [2.24, 2.45) is 5.92 Å². The lowest BCUT2D eigenvalue weighted by molar-refractivity contribution is 0.371. The molecule has 1 aliphatic heterocycles. The van der Waals surface area contributed by atoms with E-state index in [1.165, 1.54) is 19.3 Å². The zero-order valence-corrected chi connectivity index (χ0v) is 7.23. The normalized spacial score (nSPS) is 26.4. The van der Waals surface area contributed by atoms with Gasteiger partial charge in [0.15, 0.2) is 0 Å². The molecule has 1 fully saturated rings. The Hall–Kier alpha value is 0.250. The maximum absolute atomic E-state index is 5.73. The van der Waals surface area contributed by atoms with Gasteiger partial charge in [-0.05, 0) is 18.8 Å². The van der Waals surface area contributed by atoms with Crippen LogP contribution in [-0.2, 0) is 4.74 Å². The third-order valence-corrected chi connectivity index (χ3v) is 2.53. The number of ether oxygens (including phenoxy) is 1. The third-order valence-electron chi connectivity index (χ3n) is 2.09. The molecule has 1 saturated heterocycles. The average molecular weight is 163 g/mol. The highest BCUT2D eigenvalue weighted by Gasteiger charge is 2.22. The van der Waals surface area contributed by atoms with Crippen LogP contribution in [0.25, 0.3) is 0 Å². The molecule has 0 aliphatic carbocycles. The van der Waals surface area contributed by atoms with E-state index >= 15 is 0 Å². The largest absolute Gasteiger partial charge is 0.373 e. The van der Waals surface area contributed by atoms with Crippen LogP contribution >= 0.6 is 11.6 Å². The molecular formula is C8H15ClO. The molecule has 10 heavy (non-hydrogen) atoms. The fraction of sp³-hybridized carbons (Fsp3) is 1.00. The van der Waals surface area contributed by atoms with Crippen molar-refractivity contribution in [2.75, 3.05) is 12.5 Å². The van der Waals surface area contributed by atoms with Crippen molar-refractivity contribution in [1.82, 2.24) is 0 Å². The van der Waals surface area contributed by atoms with Gasteiger partial charge in [-0.3, -0.25) is 0 Å². The van der Waals surface area contributed by atoms with Crippen molar-refractivity contribution < 1.29 is 4.74 Å². The van der Waals surface area contributed by atoms with E-state index in [1.807, 2.05) is 0 Å². The van der Waals surface area contributed by atoms with Crippen LogP contribution in [0.3, 0.4) is 0 Å². The van der Waals surface area contributed by atoms with Gasteiger partial charge in [-0.1, -0.05) is 13.3 Å². The molecule has 1 nitrogen and oxygen atoms in total. The van der Waals surface area contributed by atoms with Crippen molar-refractivity contribution in [1.29, 1.82) is 0 Å². The van der Waals surface area contributed by atoms with E-state index < -0.39 is 0 Å². The predicted octanol–water partition coefficient (Wildman–Crippen LogP) is 2.43. The number of hydrogen-bond acceptors (Lipinski definition) is 1. The highest BCUT2D eigenvalue weighted by atomic mass is 35.5. The summed E-state index contributed by atoms with van der Waals surface area (Å²) in [6.07, 6.45) is 4.24. The first kappa shape index (κ1) is 8.35. The van der Waals surface area contributed by atoms with Gasteiger partial charge in [0.05, 0.1) is 12.7 Å². The minimum absolute atomic E-state index is 0.581. The second-order valence-corrected chi connectivity index (χ2v) is 3.27. The monoisotopic (exact) mass is 162 g/mol. The Labute approximate surface area is 67.7 Å². The molecule has 2 atom stereocenters. The summed E-state index contributed by atoms with van der Waals surface area (Å²) in [4.78, 5) is 0. The van der Waals surface area contributed by atoms with Gasteiger partial charge in [-0.25, -0.2) is 0 Å². The second kappa shape index (κ2) is 4.20. The van der Waals surface area contributed by atoms with Gasteiger partial charge in [-0.2, -0.15) is 0 Å². The summed E-state index contributed by atoms with van der Waals surface area (Å²) in [6.45, 7) is 3.18. The summed E-state index contributed by atoms with van der Waals surface area (Å²) in [7, 11) is 0. The molecule has 0 aromatic heterocycles. The topological polar surface area (TPSA) is 12.5 Å². The smallest absolute Gasteiger partial charge is 0.0810 e. The number of alkyl halides is 1. The van der Waals surface area contributed by atoms with Crippen LogP contribution in [0, 0.1) is 5.92 Å². The van der Waals surface area contributed by atoms with E-state index in [1.54, 1.807) is 0 Å². The first-order chi connectivity index (χ1) is 4.86. The fourth-order valence-corrected chi connectivity index (χ4v) is 1.42. The molecule has 1 aliphatic rings. The van der Waals surface area contributed by atoms with Crippen molar-refractivity contribution in [3.05, 3.63) is 0 Å². The average Bonchev–Trinajstić information content (AvgIpc) is 2.74. The highest BCUT2D eigenvalue weighted by Crippen LogP contribution is 2.21. The van der Waals surface area contributed by atoms with Crippen LogP contribution in [0.2, 0.25) is 0 Å². The molecule has 0 bridgehead atoms. The molecule has 2 heteroatoms. The van der Waals surface area contributed by atoms with Crippen LogP contribution in [-0.4, -0.2) is 18.6 Å². The molecule has 1 heterocycles. The Morgan fingerprint density at radius 1 is 1.70 bits per heavy atom. The van der Waals surface area contributed by atoms with E-state index in [-0.39, 0.29) is 0 Å². The molecule has 0 aromatic rings. The van der Waals surface area contributed by atoms with Crippen LogP contribution in [0.4, 0.5) is 0 Å². The van der Waals surface area contributed by atoms with Gasteiger partial charge in [0.2, 0.25) is 0 Å². The van der Waals surface area contributed by atoms with E-state index in [9.17, 15) is 0 Å². The molecular weight excluding hydrogens is 148 g/mol. The van der Waals surface area contributed by atoms with E-state index in [4.69, 9.17) is 16.3 Å². The first-order valence-corrected chi connectivity index (χ1v) is 4.57. The maximum Gasteiger partial charge on any atom is 0.0810 e. The number of rotatable bonds is 5. The summed E-state index contributed by atoms with van der Waals surface area (Å²) in [6, 6.07) is 0. The first-order valence-electron chi connectivity index (χ1n) is 4.04. The molecule has 0 spiro atoms. The summed E-state index contributed by atoms with van der Waals surface area (Å²) < 4.78 is 5.10. The van der Waals surface area contributed by atoms with Gasteiger partial charge in [-0.15, -0.1) is 11.6 Å². The Morgan fingerprint density at radius 3 is 2.80 bits per heavy atom. The van der Waals surface area contributed by atoms with Crippen molar-refractivity contribution in [3.8, 4) is 0 Å². The highest BCUT2D eigenvalue weighted by molar-refractivity contribution is 6.18.